The van der Waals surface area contributed by atoms with Crippen molar-refractivity contribution in [3.63, 3.8) is 0 Å². The summed E-state index contributed by atoms with van der Waals surface area (Å²) in [5, 5.41) is 0. The van der Waals surface area contributed by atoms with Gasteiger partial charge < -0.3 is 10.5 Å². The Morgan fingerprint density at radius 3 is 2.80 bits per heavy atom. The topological polar surface area (TPSA) is 35.2 Å². The molecule has 1 aromatic carbocycles. The van der Waals surface area contributed by atoms with Crippen molar-refractivity contribution in [2.45, 2.75) is 25.3 Å². The lowest BCUT2D eigenvalue weighted by atomic mass is 9.88. The number of rotatable bonds is 5. The van der Waals surface area contributed by atoms with E-state index in [1.807, 2.05) is 13.0 Å². The Hall–Kier alpha value is -0.930. The van der Waals surface area contributed by atoms with E-state index in [2.05, 4.69) is 0 Å². The quantitative estimate of drug-likeness (QED) is 0.759. The SMILES string of the molecule is COCCCC(C)(N)c1cccc(F)c1. The zero-order valence-corrected chi connectivity index (χ0v) is 9.29. The van der Waals surface area contributed by atoms with E-state index >= 15 is 0 Å². The Morgan fingerprint density at radius 1 is 1.47 bits per heavy atom. The van der Waals surface area contributed by atoms with Gasteiger partial charge in [0.15, 0.2) is 0 Å². The van der Waals surface area contributed by atoms with Gasteiger partial charge in [0.1, 0.15) is 5.82 Å². The van der Waals surface area contributed by atoms with Crippen LogP contribution in [-0.2, 0) is 10.3 Å². The number of halogens is 1. The lowest BCUT2D eigenvalue weighted by molar-refractivity contribution is 0.184. The van der Waals surface area contributed by atoms with Gasteiger partial charge in [0.2, 0.25) is 0 Å². The van der Waals surface area contributed by atoms with Crippen molar-refractivity contribution in [1.82, 2.24) is 0 Å². The fourth-order valence-electron chi connectivity index (χ4n) is 1.57. The molecule has 0 aliphatic carbocycles. The predicted molar refractivity (Wildman–Crippen MR) is 59.0 cm³/mol. The van der Waals surface area contributed by atoms with Crippen LogP contribution in [-0.4, -0.2) is 13.7 Å². The normalized spacial score (nSPS) is 14.9. The molecule has 0 aromatic heterocycles. The molecule has 2 nitrogen and oxygen atoms in total. The molecule has 0 fully saturated rings. The van der Waals surface area contributed by atoms with Gasteiger partial charge in [0.05, 0.1) is 0 Å². The zero-order valence-electron chi connectivity index (χ0n) is 9.29. The predicted octanol–water partition coefficient (Wildman–Crippen LogP) is 2.43. The molecule has 0 amide bonds. The van der Waals surface area contributed by atoms with Crippen LogP contribution in [0.2, 0.25) is 0 Å². The van der Waals surface area contributed by atoms with Crippen LogP contribution < -0.4 is 5.73 Å². The second-order valence-corrected chi connectivity index (χ2v) is 4.02. The fourth-order valence-corrected chi connectivity index (χ4v) is 1.57. The minimum absolute atomic E-state index is 0.240. The molecule has 0 radical (unpaired) electrons. The number of hydrogen-bond acceptors (Lipinski definition) is 2. The van der Waals surface area contributed by atoms with E-state index < -0.39 is 5.54 Å². The molecule has 0 aliphatic rings. The highest BCUT2D eigenvalue weighted by molar-refractivity contribution is 5.23. The summed E-state index contributed by atoms with van der Waals surface area (Å²) in [4.78, 5) is 0. The van der Waals surface area contributed by atoms with Crippen LogP contribution in [0, 0.1) is 5.82 Å². The van der Waals surface area contributed by atoms with E-state index in [9.17, 15) is 4.39 Å². The minimum atomic E-state index is -0.485. The van der Waals surface area contributed by atoms with Gasteiger partial charge in [-0.1, -0.05) is 12.1 Å². The fraction of sp³-hybridized carbons (Fsp3) is 0.500. The molecule has 3 heteroatoms. The van der Waals surface area contributed by atoms with Crippen LogP contribution >= 0.6 is 0 Å². The molecule has 1 aromatic rings. The molecule has 0 saturated heterocycles. The molecular weight excluding hydrogens is 193 g/mol. The van der Waals surface area contributed by atoms with Crippen LogP contribution in [0.3, 0.4) is 0 Å². The summed E-state index contributed by atoms with van der Waals surface area (Å²) in [7, 11) is 1.66. The second kappa shape index (κ2) is 5.24. The summed E-state index contributed by atoms with van der Waals surface area (Å²) in [6, 6.07) is 6.46. The number of ether oxygens (including phenoxy) is 1. The maximum atomic E-state index is 13.0. The van der Waals surface area contributed by atoms with E-state index in [0.29, 0.717) is 6.61 Å². The summed E-state index contributed by atoms with van der Waals surface area (Å²) in [6.45, 7) is 2.60. The van der Waals surface area contributed by atoms with Crippen molar-refractivity contribution in [3.05, 3.63) is 35.6 Å². The summed E-state index contributed by atoms with van der Waals surface area (Å²) in [5.41, 5.74) is 6.47. The van der Waals surface area contributed by atoms with Gasteiger partial charge in [0, 0.05) is 19.3 Å². The molecule has 1 rings (SSSR count). The van der Waals surface area contributed by atoms with Crippen molar-refractivity contribution in [1.29, 1.82) is 0 Å². The van der Waals surface area contributed by atoms with Crippen LogP contribution in [0.5, 0.6) is 0 Å². The Bertz CT molecular complexity index is 312. The molecule has 0 aliphatic heterocycles. The molecule has 15 heavy (non-hydrogen) atoms. The smallest absolute Gasteiger partial charge is 0.123 e. The van der Waals surface area contributed by atoms with Crippen molar-refractivity contribution in [2.75, 3.05) is 13.7 Å². The summed E-state index contributed by atoms with van der Waals surface area (Å²) in [6.07, 6.45) is 1.66. The molecule has 0 bridgehead atoms. The van der Waals surface area contributed by atoms with E-state index in [1.54, 1.807) is 13.2 Å². The monoisotopic (exact) mass is 211 g/mol. The average Bonchev–Trinajstić information content (AvgIpc) is 2.18. The third kappa shape index (κ3) is 3.61. The summed E-state index contributed by atoms with van der Waals surface area (Å²) < 4.78 is 18.0. The Morgan fingerprint density at radius 2 is 2.20 bits per heavy atom. The molecular formula is C12H18FNO. The van der Waals surface area contributed by atoms with Crippen LogP contribution in [0.1, 0.15) is 25.3 Å². The van der Waals surface area contributed by atoms with Crippen molar-refractivity contribution >= 4 is 0 Å². The van der Waals surface area contributed by atoms with Crippen LogP contribution in [0.25, 0.3) is 0 Å². The first-order chi connectivity index (χ1) is 7.06. The van der Waals surface area contributed by atoms with E-state index in [0.717, 1.165) is 18.4 Å². The Kier molecular flexibility index (Phi) is 4.24. The second-order valence-electron chi connectivity index (χ2n) is 4.02. The summed E-state index contributed by atoms with van der Waals surface area (Å²) >= 11 is 0. The molecule has 0 spiro atoms. The highest BCUT2D eigenvalue weighted by Crippen LogP contribution is 2.23. The number of hydrogen-bond donors (Lipinski definition) is 1. The average molecular weight is 211 g/mol. The maximum Gasteiger partial charge on any atom is 0.123 e. The third-order valence-electron chi connectivity index (χ3n) is 2.53. The van der Waals surface area contributed by atoms with Crippen LogP contribution in [0.15, 0.2) is 24.3 Å². The van der Waals surface area contributed by atoms with Gasteiger partial charge in [-0.05, 0) is 37.5 Å². The first-order valence-corrected chi connectivity index (χ1v) is 5.10. The van der Waals surface area contributed by atoms with E-state index in [-0.39, 0.29) is 5.82 Å². The molecule has 1 atom stereocenters. The molecule has 84 valence electrons. The van der Waals surface area contributed by atoms with Gasteiger partial charge >= 0.3 is 0 Å². The largest absolute Gasteiger partial charge is 0.385 e. The zero-order chi connectivity index (χ0) is 11.3. The Balaban J connectivity index is 2.67. The molecule has 0 heterocycles. The number of benzene rings is 1. The van der Waals surface area contributed by atoms with Gasteiger partial charge in [0.25, 0.3) is 0 Å². The lowest BCUT2D eigenvalue weighted by Crippen LogP contribution is -2.33. The highest BCUT2D eigenvalue weighted by atomic mass is 19.1. The first kappa shape index (κ1) is 12.1. The maximum absolute atomic E-state index is 13.0. The third-order valence-corrected chi connectivity index (χ3v) is 2.53. The van der Waals surface area contributed by atoms with Crippen molar-refractivity contribution in [2.24, 2.45) is 5.73 Å². The van der Waals surface area contributed by atoms with E-state index in [1.165, 1.54) is 12.1 Å². The van der Waals surface area contributed by atoms with Gasteiger partial charge in [-0.2, -0.15) is 0 Å². The molecule has 1 unspecified atom stereocenters. The van der Waals surface area contributed by atoms with Gasteiger partial charge in [-0.3, -0.25) is 0 Å². The van der Waals surface area contributed by atoms with Crippen molar-refractivity contribution in [3.8, 4) is 0 Å². The molecule has 0 saturated carbocycles. The number of nitrogens with two attached hydrogens (primary N) is 1. The van der Waals surface area contributed by atoms with Crippen LogP contribution in [0.4, 0.5) is 4.39 Å². The lowest BCUT2D eigenvalue weighted by Gasteiger charge is -2.25. The Labute approximate surface area is 90.2 Å². The summed E-state index contributed by atoms with van der Waals surface area (Å²) in [5.74, 6) is -0.240. The highest BCUT2D eigenvalue weighted by Gasteiger charge is 2.20. The van der Waals surface area contributed by atoms with E-state index in [4.69, 9.17) is 10.5 Å². The minimum Gasteiger partial charge on any atom is -0.385 e. The standard InChI is InChI=1S/C12H18FNO/c1-12(14,7-4-8-15-2)10-5-3-6-11(13)9-10/h3,5-6,9H,4,7-8,14H2,1-2H3. The number of methoxy groups -OCH3 is 1. The van der Waals surface area contributed by atoms with Gasteiger partial charge in [-0.25, -0.2) is 4.39 Å². The molecule has 2 N–H and O–H groups in total. The van der Waals surface area contributed by atoms with Crippen molar-refractivity contribution < 1.29 is 9.13 Å². The first-order valence-electron chi connectivity index (χ1n) is 5.10. The van der Waals surface area contributed by atoms with Gasteiger partial charge in [-0.15, -0.1) is 0 Å².